The van der Waals surface area contributed by atoms with Gasteiger partial charge in [0.1, 0.15) is 14.1 Å². The fourth-order valence-corrected chi connectivity index (χ4v) is 1.07. The zero-order valence-corrected chi connectivity index (χ0v) is 10.1. The van der Waals surface area contributed by atoms with Crippen LogP contribution in [0, 0.1) is 0 Å². The molecule has 0 saturated heterocycles. The molecule has 0 radical (unpaired) electrons. The molecule has 0 N–H and O–H groups in total. The van der Waals surface area contributed by atoms with Crippen LogP contribution in [0.5, 0.6) is 0 Å². The summed E-state index contributed by atoms with van der Waals surface area (Å²) in [6.45, 7) is 6.98. The zero-order valence-electron chi connectivity index (χ0n) is 10.1. The number of hydrogen-bond donors (Lipinski definition) is 0. The fourth-order valence-electron chi connectivity index (χ4n) is 1.07. The molecule has 0 aliphatic rings. The Morgan fingerprint density at radius 2 is 1.79 bits per heavy atom. The molecule has 0 aromatic rings. The van der Waals surface area contributed by atoms with Gasteiger partial charge in [-0.15, -0.1) is 5.73 Å². The van der Waals surface area contributed by atoms with Gasteiger partial charge in [0.25, 0.3) is 0 Å². The van der Waals surface area contributed by atoms with Crippen LogP contribution in [0.2, 0.25) is 0 Å². The van der Waals surface area contributed by atoms with Gasteiger partial charge in [0.05, 0.1) is 12.7 Å². The van der Waals surface area contributed by atoms with E-state index in [2.05, 4.69) is 19.6 Å². The van der Waals surface area contributed by atoms with Gasteiger partial charge < -0.3 is 4.74 Å². The van der Waals surface area contributed by atoms with Gasteiger partial charge in [0.15, 0.2) is 0 Å². The normalized spacial score (nSPS) is 8.93. The van der Waals surface area contributed by atoms with Gasteiger partial charge in [-0.25, -0.2) is 4.58 Å². The lowest BCUT2D eigenvalue weighted by Gasteiger charge is -1.98. The van der Waals surface area contributed by atoms with Gasteiger partial charge in [0.2, 0.25) is 0 Å². The molecule has 0 aliphatic heterocycles. The highest BCUT2D eigenvalue weighted by Gasteiger charge is 2.02. The van der Waals surface area contributed by atoms with E-state index in [1.54, 1.807) is 0 Å². The third-order valence-corrected chi connectivity index (χ3v) is 1.99. The number of hydrogen-bond acceptors (Lipinski definition) is 1. The lowest BCUT2D eigenvalue weighted by atomic mass is 10.2. The Labute approximate surface area is 87.6 Å². The summed E-state index contributed by atoms with van der Waals surface area (Å²) in [7, 11) is 3.95. The minimum Gasteiger partial charge on any atom is -0.445 e. The highest BCUT2D eigenvalue weighted by Crippen LogP contribution is 2.02. The predicted molar refractivity (Wildman–Crippen MR) is 60.9 cm³/mol. The van der Waals surface area contributed by atoms with Gasteiger partial charge in [-0.05, 0) is 25.3 Å². The first-order valence-corrected chi connectivity index (χ1v) is 5.27. The van der Waals surface area contributed by atoms with Crippen molar-refractivity contribution in [2.75, 3.05) is 20.7 Å². The summed E-state index contributed by atoms with van der Waals surface area (Å²) in [4.78, 5) is 0. The number of rotatable bonds is 4. The Morgan fingerprint density at radius 3 is 2.14 bits per heavy atom. The summed E-state index contributed by atoms with van der Waals surface area (Å²) in [6, 6.07) is 0. The van der Waals surface area contributed by atoms with Crippen molar-refractivity contribution in [2.45, 2.75) is 33.6 Å². The maximum atomic E-state index is 5.45. The molecular weight excluding hydrogens is 174 g/mol. The van der Waals surface area contributed by atoms with E-state index in [9.17, 15) is 0 Å². The average molecular weight is 196 g/mol. The molecule has 2 heteroatoms. The standard InChI is InChI=1S/C12H22NO/c1-6-11(7-2)9-10-12(13(4)5)14-8-3/h10H,6-8H2,1-5H3/q+1. The van der Waals surface area contributed by atoms with E-state index in [1.165, 1.54) is 5.57 Å². The van der Waals surface area contributed by atoms with E-state index >= 15 is 0 Å². The molecule has 80 valence electrons. The lowest BCUT2D eigenvalue weighted by molar-refractivity contribution is -0.473. The molecule has 0 saturated carbocycles. The van der Waals surface area contributed by atoms with Gasteiger partial charge in [-0.1, -0.05) is 13.8 Å². The van der Waals surface area contributed by atoms with E-state index < -0.39 is 0 Å². The van der Waals surface area contributed by atoms with E-state index in [4.69, 9.17) is 4.74 Å². The molecule has 0 aromatic heterocycles. The molecule has 0 spiro atoms. The molecule has 0 heterocycles. The van der Waals surface area contributed by atoms with Crippen molar-refractivity contribution in [1.29, 1.82) is 0 Å². The molecule has 0 atom stereocenters. The van der Waals surface area contributed by atoms with Crippen LogP contribution < -0.4 is 0 Å². The summed E-state index contributed by atoms with van der Waals surface area (Å²) in [5.41, 5.74) is 4.60. The monoisotopic (exact) mass is 196 g/mol. The third kappa shape index (κ3) is 4.88. The Kier molecular flexibility index (Phi) is 6.87. The molecule has 2 nitrogen and oxygen atoms in total. The van der Waals surface area contributed by atoms with Crippen LogP contribution in [0.1, 0.15) is 33.6 Å². The van der Waals surface area contributed by atoms with Crippen molar-refractivity contribution < 1.29 is 9.31 Å². The van der Waals surface area contributed by atoms with E-state index in [0.29, 0.717) is 6.61 Å². The smallest absolute Gasteiger partial charge is 0.369 e. The first-order valence-electron chi connectivity index (χ1n) is 5.27. The summed E-state index contributed by atoms with van der Waals surface area (Å²) in [5, 5.41) is 0. The topological polar surface area (TPSA) is 12.2 Å². The van der Waals surface area contributed by atoms with Crippen molar-refractivity contribution in [1.82, 2.24) is 0 Å². The van der Waals surface area contributed by atoms with E-state index in [1.807, 2.05) is 31.7 Å². The van der Waals surface area contributed by atoms with Gasteiger partial charge in [-0.3, -0.25) is 0 Å². The molecule has 0 bridgehead atoms. The van der Waals surface area contributed by atoms with Gasteiger partial charge in [-0.2, -0.15) is 0 Å². The molecule has 0 unspecified atom stereocenters. The lowest BCUT2D eigenvalue weighted by Crippen LogP contribution is -2.14. The highest BCUT2D eigenvalue weighted by atomic mass is 16.5. The molecular formula is C12H22NO+. The summed E-state index contributed by atoms with van der Waals surface area (Å²) in [5.74, 6) is 0.868. The molecule has 14 heavy (non-hydrogen) atoms. The minimum atomic E-state index is 0.694. The number of ether oxygens (including phenoxy) is 1. The Balaban J connectivity index is 4.75. The highest BCUT2D eigenvalue weighted by molar-refractivity contribution is 5.82. The van der Waals surface area contributed by atoms with Gasteiger partial charge in [0, 0.05) is 0 Å². The maximum absolute atomic E-state index is 5.45. The fraction of sp³-hybridized carbons (Fsp3) is 0.667. The van der Waals surface area contributed by atoms with Gasteiger partial charge >= 0.3 is 5.90 Å². The SMILES string of the molecule is CCOC(C=C=C(CC)CC)=[N+](C)C. The number of nitrogens with zero attached hydrogens (tertiary/aromatic N) is 1. The van der Waals surface area contributed by atoms with Crippen molar-refractivity contribution >= 4 is 5.90 Å². The molecule has 0 rings (SSSR count). The second-order valence-corrected chi connectivity index (χ2v) is 3.27. The molecule has 0 aliphatic carbocycles. The van der Waals surface area contributed by atoms with Crippen LogP contribution in [0.4, 0.5) is 0 Å². The first kappa shape index (κ1) is 13.0. The first-order chi connectivity index (χ1) is 6.65. The van der Waals surface area contributed by atoms with Crippen LogP contribution in [0.3, 0.4) is 0 Å². The quantitative estimate of drug-likeness (QED) is 0.291. The predicted octanol–water partition coefficient (Wildman–Crippen LogP) is 2.60. The van der Waals surface area contributed by atoms with Crippen LogP contribution in [0.15, 0.2) is 17.4 Å². The summed E-state index contributed by atoms with van der Waals surface area (Å²) < 4.78 is 7.41. The zero-order chi connectivity index (χ0) is 11.0. The van der Waals surface area contributed by atoms with Crippen molar-refractivity contribution in [3.05, 3.63) is 17.4 Å². The summed E-state index contributed by atoms with van der Waals surface area (Å²) in [6.07, 6.45) is 4.03. The Hall–Kier alpha value is -1.01. The molecule has 0 fully saturated rings. The third-order valence-electron chi connectivity index (χ3n) is 1.99. The molecule has 0 amide bonds. The van der Waals surface area contributed by atoms with Crippen LogP contribution in [-0.4, -0.2) is 31.2 Å². The Morgan fingerprint density at radius 1 is 1.21 bits per heavy atom. The van der Waals surface area contributed by atoms with Crippen LogP contribution >= 0.6 is 0 Å². The second kappa shape index (κ2) is 7.40. The molecule has 0 aromatic carbocycles. The van der Waals surface area contributed by atoms with Crippen molar-refractivity contribution in [3.63, 3.8) is 0 Å². The van der Waals surface area contributed by atoms with Crippen LogP contribution in [-0.2, 0) is 4.74 Å². The largest absolute Gasteiger partial charge is 0.445 e. The average Bonchev–Trinajstić information content (AvgIpc) is 2.17. The van der Waals surface area contributed by atoms with E-state index in [-0.39, 0.29) is 0 Å². The Bertz CT molecular complexity index is 247. The maximum Gasteiger partial charge on any atom is 0.369 e. The minimum absolute atomic E-state index is 0.694. The van der Waals surface area contributed by atoms with Crippen LogP contribution in [0.25, 0.3) is 0 Å². The summed E-state index contributed by atoms with van der Waals surface area (Å²) >= 11 is 0. The second-order valence-electron chi connectivity index (χ2n) is 3.27. The van der Waals surface area contributed by atoms with Crippen molar-refractivity contribution in [2.24, 2.45) is 0 Å². The van der Waals surface area contributed by atoms with E-state index in [0.717, 1.165) is 18.7 Å². The van der Waals surface area contributed by atoms with Crippen molar-refractivity contribution in [3.8, 4) is 0 Å².